The average molecular weight is 190 g/mol. The second kappa shape index (κ2) is 6.58. The zero-order valence-electron chi connectivity index (χ0n) is 9.34. The van der Waals surface area contributed by atoms with Crippen LogP contribution in [-0.4, -0.2) is 4.98 Å². The van der Waals surface area contributed by atoms with Gasteiger partial charge in [0.15, 0.2) is 0 Å². The maximum Gasteiger partial charge on any atom is 0.0306 e. The number of nitrogens with zero attached hydrogens (tertiary/aromatic N) is 1. The van der Waals surface area contributed by atoms with Gasteiger partial charge in [0.2, 0.25) is 0 Å². The summed E-state index contributed by atoms with van der Waals surface area (Å²) in [5.74, 6) is 0. The Morgan fingerprint density at radius 3 is 1.93 bits per heavy atom. The number of pyridine rings is 1. The van der Waals surface area contributed by atoms with Gasteiger partial charge in [0.25, 0.3) is 0 Å². The van der Waals surface area contributed by atoms with E-state index in [0.29, 0.717) is 0 Å². The van der Waals surface area contributed by atoms with Crippen LogP contribution < -0.4 is 0 Å². The molecule has 0 aliphatic heterocycles. The third-order valence-electron chi connectivity index (χ3n) is 2.38. The summed E-state index contributed by atoms with van der Waals surface area (Å²) in [5.41, 5.74) is 2.56. The molecule has 0 unspecified atom stereocenters. The summed E-state index contributed by atoms with van der Waals surface area (Å²) in [6.07, 6.45) is 11.1. The molecule has 0 saturated heterocycles. The fourth-order valence-corrected chi connectivity index (χ4v) is 1.48. The van der Waals surface area contributed by atoms with E-state index in [1.165, 1.54) is 36.8 Å². The van der Waals surface area contributed by atoms with Gasteiger partial charge in [-0.25, -0.2) is 0 Å². The first-order valence-electron chi connectivity index (χ1n) is 5.72. The largest absolute Gasteiger partial charge is 0.264 e. The van der Waals surface area contributed by atoms with E-state index in [9.17, 15) is 0 Å². The van der Waals surface area contributed by atoms with E-state index >= 15 is 0 Å². The SMILES string of the molecule is CCCCc1[c]c(CCCC)cnc1. The summed E-state index contributed by atoms with van der Waals surface area (Å²) >= 11 is 0. The van der Waals surface area contributed by atoms with Gasteiger partial charge < -0.3 is 0 Å². The number of rotatable bonds is 6. The lowest BCUT2D eigenvalue weighted by atomic mass is 10.1. The van der Waals surface area contributed by atoms with Crippen molar-refractivity contribution in [1.82, 2.24) is 4.98 Å². The Morgan fingerprint density at radius 2 is 1.50 bits per heavy atom. The smallest absolute Gasteiger partial charge is 0.0306 e. The predicted molar refractivity (Wildman–Crippen MR) is 60.3 cm³/mol. The van der Waals surface area contributed by atoms with Gasteiger partial charge in [-0.2, -0.15) is 0 Å². The lowest BCUT2D eigenvalue weighted by molar-refractivity contribution is 0.773. The standard InChI is InChI=1S/C13H20N/c1-3-5-7-12-9-13(8-6-4-2)11-14-10-12/h10-11H,3-8H2,1-2H3. The summed E-state index contributed by atoms with van der Waals surface area (Å²) in [6.45, 7) is 4.43. The first kappa shape index (κ1) is 11.2. The molecule has 1 rings (SSSR count). The molecule has 0 aliphatic carbocycles. The van der Waals surface area contributed by atoms with Crippen molar-refractivity contribution in [3.05, 3.63) is 29.6 Å². The molecule has 14 heavy (non-hydrogen) atoms. The van der Waals surface area contributed by atoms with Gasteiger partial charge in [-0.05, 0) is 42.9 Å². The predicted octanol–water partition coefficient (Wildman–Crippen LogP) is 3.57. The Kier molecular flexibility index (Phi) is 5.28. The van der Waals surface area contributed by atoms with Gasteiger partial charge in [0.05, 0.1) is 0 Å². The molecule has 0 N–H and O–H groups in total. The van der Waals surface area contributed by atoms with Crippen LogP contribution in [0.2, 0.25) is 0 Å². The van der Waals surface area contributed by atoms with Gasteiger partial charge in [-0.15, -0.1) is 0 Å². The van der Waals surface area contributed by atoms with Gasteiger partial charge in [-0.3, -0.25) is 4.98 Å². The molecule has 0 aromatic carbocycles. The van der Waals surface area contributed by atoms with Crippen LogP contribution in [0.4, 0.5) is 0 Å². The molecular weight excluding hydrogens is 170 g/mol. The van der Waals surface area contributed by atoms with E-state index in [1.54, 1.807) is 0 Å². The number of hydrogen-bond donors (Lipinski definition) is 0. The third-order valence-corrected chi connectivity index (χ3v) is 2.38. The Morgan fingerprint density at radius 1 is 1.00 bits per heavy atom. The highest BCUT2D eigenvalue weighted by Crippen LogP contribution is 2.08. The highest BCUT2D eigenvalue weighted by molar-refractivity contribution is 5.16. The highest BCUT2D eigenvalue weighted by Gasteiger charge is 1.97. The van der Waals surface area contributed by atoms with Gasteiger partial charge in [-0.1, -0.05) is 26.7 Å². The number of aromatic nitrogens is 1. The van der Waals surface area contributed by atoms with Crippen LogP contribution in [0.1, 0.15) is 50.7 Å². The quantitative estimate of drug-likeness (QED) is 0.668. The molecule has 0 saturated carbocycles. The average Bonchev–Trinajstić information content (AvgIpc) is 2.24. The molecule has 0 aliphatic rings. The van der Waals surface area contributed by atoms with Gasteiger partial charge in [0, 0.05) is 12.4 Å². The molecule has 0 amide bonds. The van der Waals surface area contributed by atoms with E-state index in [4.69, 9.17) is 0 Å². The van der Waals surface area contributed by atoms with Crippen LogP contribution in [-0.2, 0) is 12.8 Å². The molecule has 1 heterocycles. The molecule has 1 aromatic rings. The van der Waals surface area contributed by atoms with Gasteiger partial charge >= 0.3 is 0 Å². The summed E-state index contributed by atoms with van der Waals surface area (Å²) < 4.78 is 0. The van der Waals surface area contributed by atoms with Crippen LogP contribution in [0.3, 0.4) is 0 Å². The van der Waals surface area contributed by atoms with Crippen molar-refractivity contribution in [2.45, 2.75) is 52.4 Å². The first-order valence-corrected chi connectivity index (χ1v) is 5.72. The molecule has 1 radical (unpaired) electrons. The maximum absolute atomic E-state index is 4.26. The van der Waals surface area contributed by atoms with Crippen molar-refractivity contribution < 1.29 is 0 Å². The molecule has 0 atom stereocenters. The molecule has 77 valence electrons. The van der Waals surface area contributed by atoms with Crippen LogP contribution in [0, 0.1) is 6.07 Å². The van der Waals surface area contributed by atoms with Crippen LogP contribution in [0.25, 0.3) is 0 Å². The minimum absolute atomic E-state index is 1.13. The Balaban J connectivity index is 2.50. The van der Waals surface area contributed by atoms with Crippen molar-refractivity contribution in [3.63, 3.8) is 0 Å². The van der Waals surface area contributed by atoms with E-state index in [0.717, 1.165) is 12.8 Å². The van der Waals surface area contributed by atoms with Crippen molar-refractivity contribution in [2.75, 3.05) is 0 Å². The monoisotopic (exact) mass is 190 g/mol. The molecule has 0 fully saturated rings. The van der Waals surface area contributed by atoms with E-state index in [-0.39, 0.29) is 0 Å². The number of aryl methyl sites for hydroxylation is 2. The van der Waals surface area contributed by atoms with Crippen LogP contribution >= 0.6 is 0 Å². The van der Waals surface area contributed by atoms with Crippen molar-refractivity contribution in [1.29, 1.82) is 0 Å². The summed E-state index contributed by atoms with van der Waals surface area (Å²) in [6, 6.07) is 3.45. The van der Waals surface area contributed by atoms with Crippen molar-refractivity contribution in [2.24, 2.45) is 0 Å². The normalized spacial score (nSPS) is 10.4. The van der Waals surface area contributed by atoms with Crippen molar-refractivity contribution in [3.8, 4) is 0 Å². The Bertz CT molecular complexity index is 232. The van der Waals surface area contributed by atoms with Crippen LogP contribution in [0.15, 0.2) is 12.4 Å². The topological polar surface area (TPSA) is 12.9 Å². The molecule has 0 spiro atoms. The zero-order chi connectivity index (χ0) is 10.2. The van der Waals surface area contributed by atoms with E-state index in [1.807, 2.05) is 12.4 Å². The van der Waals surface area contributed by atoms with Crippen molar-refractivity contribution >= 4 is 0 Å². The highest BCUT2D eigenvalue weighted by atomic mass is 14.6. The fraction of sp³-hybridized carbons (Fsp3) is 0.615. The number of hydrogen-bond acceptors (Lipinski definition) is 1. The molecule has 1 aromatic heterocycles. The lowest BCUT2D eigenvalue weighted by Crippen LogP contribution is -1.92. The number of unbranched alkanes of at least 4 members (excludes halogenated alkanes) is 2. The second-order valence-corrected chi connectivity index (χ2v) is 3.79. The summed E-state index contributed by atoms with van der Waals surface area (Å²) in [7, 11) is 0. The fourth-order valence-electron chi connectivity index (χ4n) is 1.48. The Labute approximate surface area is 87.6 Å². The molecular formula is C13H20N. The minimum atomic E-state index is 1.13. The molecule has 1 heteroatoms. The minimum Gasteiger partial charge on any atom is -0.264 e. The van der Waals surface area contributed by atoms with E-state index < -0.39 is 0 Å². The van der Waals surface area contributed by atoms with Gasteiger partial charge in [0.1, 0.15) is 0 Å². The maximum atomic E-state index is 4.26. The molecule has 0 bridgehead atoms. The summed E-state index contributed by atoms with van der Waals surface area (Å²) in [4.78, 5) is 4.26. The van der Waals surface area contributed by atoms with Crippen LogP contribution in [0.5, 0.6) is 0 Å². The van der Waals surface area contributed by atoms with E-state index in [2.05, 4.69) is 24.9 Å². The lowest BCUT2D eigenvalue weighted by Gasteiger charge is -2.02. The second-order valence-electron chi connectivity index (χ2n) is 3.79. The first-order chi connectivity index (χ1) is 6.86. The zero-order valence-corrected chi connectivity index (χ0v) is 9.34. The third kappa shape index (κ3) is 3.91. The molecule has 1 nitrogen and oxygen atoms in total. The summed E-state index contributed by atoms with van der Waals surface area (Å²) in [5, 5.41) is 0. The Hall–Kier alpha value is -0.850.